The molecule has 152 valence electrons. The Labute approximate surface area is 172 Å². The third kappa shape index (κ3) is 3.76. The minimum absolute atomic E-state index is 0.224. The molecule has 0 aromatic carbocycles. The molecule has 1 amide bonds. The van der Waals surface area contributed by atoms with E-state index in [1.807, 2.05) is 11.2 Å². The lowest BCUT2D eigenvalue weighted by atomic mass is 9.72. The molecule has 0 saturated carbocycles. The molecule has 2 aliphatic rings. The number of aromatic nitrogens is 3. The lowest BCUT2D eigenvalue weighted by Gasteiger charge is -2.33. The highest BCUT2D eigenvalue weighted by Gasteiger charge is 2.32. The predicted octanol–water partition coefficient (Wildman–Crippen LogP) is 4.53. The highest BCUT2D eigenvalue weighted by Crippen LogP contribution is 2.40. The lowest BCUT2D eigenvalue weighted by molar-refractivity contribution is 0.0715. The average molecular weight is 401 g/mol. The maximum Gasteiger partial charge on any atom is 0.263 e. The summed E-state index contributed by atoms with van der Waals surface area (Å²) in [5.74, 6) is 2.43. The summed E-state index contributed by atoms with van der Waals surface area (Å²) in [5.41, 5.74) is 1.76. The number of piperidine rings is 1. The van der Waals surface area contributed by atoms with Crippen LogP contribution >= 0.6 is 11.3 Å². The fraction of sp³-hybridized carbons (Fsp3) is 0.682. The molecule has 4 rings (SSSR count). The predicted molar refractivity (Wildman–Crippen MR) is 113 cm³/mol. The van der Waals surface area contributed by atoms with Crippen LogP contribution in [0.3, 0.4) is 0 Å². The summed E-state index contributed by atoms with van der Waals surface area (Å²) in [6, 6.07) is 2.19. The van der Waals surface area contributed by atoms with Crippen LogP contribution in [0.5, 0.6) is 0 Å². The number of likely N-dealkylation sites (tertiary alicyclic amines) is 1. The van der Waals surface area contributed by atoms with Gasteiger partial charge in [0.2, 0.25) is 0 Å². The molecular formula is C22H32N4OS. The van der Waals surface area contributed by atoms with Crippen molar-refractivity contribution in [1.29, 1.82) is 0 Å². The van der Waals surface area contributed by atoms with Gasteiger partial charge in [-0.1, -0.05) is 20.8 Å². The van der Waals surface area contributed by atoms with E-state index in [1.165, 1.54) is 16.9 Å². The summed E-state index contributed by atoms with van der Waals surface area (Å²) in [6.45, 7) is 11.7. The van der Waals surface area contributed by atoms with Gasteiger partial charge in [0.05, 0.1) is 4.88 Å². The second-order valence-corrected chi connectivity index (χ2v) is 10.5. The van der Waals surface area contributed by atoms with Crippen molar-refractivity contribution in [2.45, 2.75) is 72.3 Å². The van der Waals surface area contributed by atoms with E-state index in [4.69, 9.17) is 0 Å². The van der Waals surface area contributed by atoms with E-state index in [1.54, 1.807) is 11.3 Å². The van der Waals surface area contributed by atoms with E-state index in [0.717, 1.165) is 56.0 Å². The van der Waals surface area contributed by atoms with Gasteiger partial charge in [-0.25, -0.2) is 0 Å². The highest BCUT2D eigenvalue weighted by atomic mass is 32.1. The van der Waals surface area contributed by atoms with Gasteiger partial charge in [0.1, 0.15) is 12.2 Å². The van der Waals surface area contributed by atoms with Crippen molar-refractivity contribution in [1.82, 2.24) is 19.7 Å². The van der Waals surface area contributed by atoms with Gasteiger partial charge < -0.3 is 9.47 Å². The van der Waals surface area contributed by atoms with Gasteiger partial charge in [-0.2, -0.15) is 0 Å². The van der Waals surface area contributed by atoms with Gasteiger partial charge in [0.15, 0.2) is 0 Å². The molecule has 1 aliphatic heterocycles. The zero-order chi connectivity index (χ0) is 19.9. The SMILES string of the molecule is CCn1cnnc1C1CCN(C(=O)c2cc3c(s2)CCC(C(C)(C)C)C3)CC1. The first-order valence-electron chi connectivity index (χ1n) is 10.7. The smallest absolute Gasteiger partial charge is 0.263 e. The topological polar surface area (TPSA) is 51.0 Å². The molecule has 1 aliphatic carbocycles. The molecule has 1 fully saturated rings. The van der Waals surface area contributed by atoms with E-state index in [2.05, 4.69) is 48.5 Å². The van der Waals surface area contributed by atoms with Gasteiger partial charge in [-0.3, -0.25) is 4.79 Å². The molecule has 2 aromatic rings. The maximum atomic E-state index is 13.1. The van der Waals surface area contributed by atoms with Crippen molar-refractivity contribution >= 4 is 17.2 Å². The van der Waals surface area contributed by atoms with Crippen molar-refractivity contribution < 1.29 is 4.79 Å². The van der Waals surface area contributed by atoms with E-state index in [9.17, 15) is 4.79 Å². The van der Waals surface area contributed by atoms with Crippen LogP contribution < -0.4 is 0 Å². The van der Waals surface area contributed by atoms with Gasteiger partial charge in [-0.15, -0.1) is 21.5 Å². The van der Waals surface area contributed by atoms with Gasteiger partial charge in [0.25, 0.3) is 5.91 Å². The molecule has 1 saturated heterocycles. The number of carbonyl (C=O) groups excluding carboxylic acids is 1. The number of aryl methyl sites for hydroxylation is 2. The third-order valence-corrected chi connectivity index (χ3v) is 7.88. The molecule has 0 spiro atoms. The monoisotopic (exact) mass is 400 g/mol. The number of fused-ring (bicyclic) bond motifs is 1. The Morgan fingerprint density at radius 1 is 1.25 bits per heavy atom. The largest absolute Gasteiger partial charge is 0.338 e. The molecule has 6 heteroatoms. The quantitative estimate of drug-likeness (QED) is 0.760. The van der Waals surface area contributed by atoms with Crippen LogP contribution in [0.15, 0.2) is 12.4 Å². The van der Waals surface area contributed by atoms with E-state index >= 15 is 0 Å². The first-order valence-corrected chi connectivity index (χ1v) is 11.5. The first-order chi connectivity index (χ1) is 13.4. The minimum atomic E-state index is 0.224. The van der Waals surface area contributed by atoms with Crippen LogP contribution in [0, 0.1) is 11.3 Å². The van der Waals surface area contributed by atoms with Crippen molar-refractivity contribution in [3.63, 3.8) is 0 Å². The number of hydrogen-bond donors (Lipinski definition) is 0. The second kappa shape index (κ2) is 7.62. The highest BCUT2D eigenvalue weighted by molar-refractivity contribution is 7.14. The molecule has 1 unspecified atom stereocenters. The molecule has 0 N–H and O–H groups in total. The molecule has 3 heterocycles. The van der Waals surface area contributed by atoms with Crippen LogP contribution in [-0.4, -0.2) is 38.7 Å². The maximum absolute atomic E-state index is 13.1. The molecule has 28 heavy (non-hydrogen) atoms. The van der Waals surface area contributed by atoms with Crippen LogP contribution in [-0.2, 0) is 19.4 Å². The molecule has 0 bridgehead atoms. The fourth-order valence-corrected chi connectivity index (χ4v) is 5.86. The minimum Gasteiger partial charge on any atom is -0.338 e. The summed E-state index contributed by atoms with van der Waals surface area (Å²) < 4.78 is 2.13. The standard InChI is InChI=1S/C22H32N4OS/c1-5-25-14-23-24-20(25)15-8-10-26(11-9-15)21(27)19-13-16-12-17(22(2,3)4)6-7-18(16)28-19/h13-15,17H,5-12H2,1-4H3. The first kappa shape index (κ1) is 19.6. The Kier molecular flexibility index (Phi) is 5.34. The zero-order valence-electron chi connectivity index (χ0n) is 17.6. The number of carbonyl (C=O) groups is 1. The summed E-state index contributed by atoms with van der Waals surface area (Å²) in [5, 5.41) is 8.39. The van der Waals surface area contributed by atoms with Crippen molar-refractivity contribution in [2.75, 3.05) is 13.1 Å². The van der Waals surface area contributed by atoms with Crippen LogP contribution in [0.4, 0.5) is 0 Å². The summed E-state index contributed by atoms with van der Waals surface area (Å²) >= 11 is 1.74. The number of amides is 1. The van der Waals surface area contributed by atoms with Gasteiger partial charge in [0, 0.05) is 30.4 Å². The van der Waals surface area contributed by atoms with Gasteiger partial charge in [-0.05, 0) is 62.0 Å². The number of thiophene rings is 1. The second-order valence-electron chi connectivity index (χ2n) is 9.41. The van der Waals surface area contributed by atoms with Crippen LogP contribution in [0.25, 0.3) is 0 Å². The average Bonchev–Trinajstić information content (AvgIpc) is 3.32. The Hall–Kier alpha value is -1.69. The summed E-state index contributed by atoms with van der Waals surface area (Å²) in [4.78, 5) is 17.5. The van der Waals surface area contributed by atoms with Crippen molar-refractivity contribution in [3.8, 4) is 0 Å². The number of rotatable bonds is 3. The van der Waals surface area contributed by atoms with Crippen LogP contribution in [0.1, 0.15) is 78.8 Å². The molecule has 2 aromatic heterocycles. The summed E-state index contributed by atoms with van der Waals surface area (Å²) in [7, 11) is 0. The van der Waals surface area contributed by atoms with Crippen molar-refractivity contribution in [3.05, 3.63) is 33.5 Å². The van der Waals surface area contributed by atoms with E-state index in [-0.39, 0.29) is 5.91 Å². The third-order valence-electron chi connectivity index (χ3n) is 6.65. The summed E-state index contributed by atoms with van der Waals surface area (Å²) in [6.07, 6.45) is 7.26. The Bertz CT molecular complexity index is 839. The van der Waals surface area contributed by atoms with E-state index < -0.39 is 0 Å². The number of hydrogen-bond acceptors (Lipinski definition) is 4. The molecule has 1 atom stereocenters. The van der Waals surface area contributed by atoms with E-state index in [0.29, 0.717) is 17.3 Å². The molecular weight excluding hydrogens is 368 g/mol. The van der Waals surface area contributed by atoms with Crippen LogP contribution in [0.2, 0.25) is 0 Å². The van der Waals surface area contributed by atoms with Gasteiger partial charge >= 0.3 is 0 Å². The fourth-order valence-electron chi connectivity index (χ4n) is 4.69. The Morgan fingerprint density at radius 3 is 2.68 bits per heavy atom. The lowest BCUT2D eigenvalue weighted by Crippen LogP contribution is -2.38. The normalized spacial score (nSPS) is 21.0. The zero-order valence-corrected chi connectivity index (χ0v) is 18.4. The molecule has 0 radical (unpaired) electrons. The molecule has 5 nitrogen and oxygen atoms in total. The Balaban J connectivity index is 1.41. The number of nitrogens with zero attached hydrogens (tertiary/aromatic N) is 4. The van der Waals surface area contributed by atoms with Crippen molar-refractivity contribution in [2.24, 2.45) is 11.3 Å². The Morgan fingerprint density at radius 2 is 2.00 bits per heavy atom.